The molecule has 0 bridgehead atoms. The summed E-state index contributed by atoms with van der Waals surface area (Å²) in [6, 6.07) is 11.2. The van der Waals surface area contributed by atoms with Crippen LogP contribution < -0.4 is 14.2 Å². The first kappa shape index (κ1) is 20.4. The van der Waals surface area contributed by atoms with Crippen molar-refractivity contribution >= 4 is 0 Å². The number of phenolic OH excluding ortho intramolecular Hbond substituents is 2. The predicted molar refractivity (Wildman–Crippen MR) is 115 cm³/mol. The molecule has 3 rings (SSSR count). The van der Waals surface area contributed by atoms with E-state index < -0.39 is 0 Å². The molecule has 0 saturated carbocycles. The largest absolute Gasteiger partial charge is 0.504 e. The summed E-state index contributed by atoms with van der Waals surface area (Å²) < 4.78 is 16.2. The normalized spacial score (nSPS) is 10.7. The van der Waals surface area contributed by atoms with Gasteiger partial charge in [0.2, 0.25) is 0 Å². The molecular formula is C24H26O5. The maximum absolute atomic E-state index is 10.7. The van der Waals surface area contributed by atoms with Crippen LogP contribution in [0.25, 0.3) is 22.3 Å². The van der Waals surface area contributed by atoms with E-state index in [1.54, 1.807) is 19.2 Å². The standard InChI is InChI=1S/C24H26O5/c1-13-7-18(23(25)21(9-13)28-5)16-12-17(20(27-4)11-15(16)3)19-8-14(2)10-22(29-6)24(19)26/h7-12,25-26H,1-6H3. The number of methoxy groups -OCH3 is 3. The van der Waals surface area contributed by atoms with Gasteiger partial charge in [0.15, 0.2) is 23.0 Å². The number of aryl methyl sites for hydroxylation is 3. The van der Waals surface area contributed by atoms with Crippen molar-refractivity contribution in [2.75, 3.05) is 21.3 Å². The van der Waals surface area contributed by atoms with Crippen molar-refractivity contribution in [2.24, 2.45) is 0 Å². The first-order valence-corrected chi connectivity index (χ1v) is 9.25. The van der Waals surface area contributed by atoms with E-state index in [0.717, 1.165) is 22.3 Å². The molecule has 0 aliphatic heterocycles. The fourth-order valence-corrected chi connectivity index (χ4v) is 3.56. The SMILES string of the molecule is COc1cc(C)c(-c2cc(C)cc(OC)c2O)cc1-c1cc(C)cc(OC)c1O. The van der Waals surface area contributed by atoms with Crippen LogP contribution in [-0.4, -0.2) is 31.5 Å². The van der Waals surface area contributed by atoms with Gasteiger partial charge in [0.1, 0.15) is 5.75 Å². The molecule has 0 aliphatic carbocycles. The fourth-order valence-electron chi connectivity index (χ4n) is 3.56. The third-order valence-electron chi connectivity index (χ3n) is 5.01. The van der Waals surface area contributed by atoms with Gasteiger partial charge in [-0.15, -0.1) is 0 Å². The van der Waals surface area contributed by atoms with Crippen LogP contribution in [0.1, 0.15) is 16.7 Å². The van der Waals surface area contributed by atoms with Crippen molar-refractivity contribution < 1.29 is 24.4 Å². The molecule has 0 radical (unpaired) electrons. The first-order valence-electron chi connectivity index (χ1n) is 9.25. The smallest absolute Gasteiger partial charge is 0.165 e. The quantitative estimate of drug-likeness (QED) is 0.608. The number of benzene rings is 3. The van der Waals surface area contributed by atoms with E-state index in [2.05, 4.69) is 0 Å². The molecule has 0 saturated heterocycles. The summed E-state index contributed by atoms with van der Waals surface area (Å²) in [7, 11) is 4.64. The van der Waals surface area contributed by atoms with Gasteiger partial charge in [-0.25, -0.2) is 0 Å². The average Bonchev–Trinajstić information content (AvgIpc) is 2.70. The molecule has 29 heavy (non-hydrogen) atoms. The van der Waals surface area contributed by atoms with Crippen LogP contribution >= 0.6 is 0 Å². The first-order chi connectivity index (χ1) is 13.8. The summed E-state index contributed by atoms with van der Waals surface area (Å²) in [5.41, 5.74) is 5.60. The second-order valence-corrected chi connectivity index (χ2v) is 7.09. The molecule has 5 nitrogen and oxygen atoms in total. The number of aromatic hydroxyl groups is 2. The molecule has 0 unspecified atom stereocenters. The molecule has 5 heteroatoms. The van der Waals surface area contributed by atoms with Gasteiger partial charge in [-0.2, -0.15) is 0 Å². The molecule has 3 aromatic carbocycles. The van der Waals surface area contributed by atoms with E-state index in [-0.39, 0.29) is 11.5 Å². The van der Waals surface area contributed by atoms with Gasteiger partial charge in [-0.05, 0) is 79.4 Å². The Morgan fingerprint density at radius 3 is 1.41 bits per heavy atom. The zero-order valence-corrected chi connectivity index (χ0v) is 17.6. The maximum Gasteiger partial charge on any atom is 0.165 e. The Balaban J connectivity index is 2.33. The molecule has 2 N–H and O–H groups in total. The van der Waals surface area contributed by atoms with Crippen molar-refractivity contribution in [3.05, 3.63) is 53.1 Å². The minimum atomic E-state index is 0.0391. The number of phenols is 2. The van der Waals surface area contributed by atoms with Gasteiger partial charge in [0, 0.05) is 16.7 Å². The average molecular weight is 394 g/mol. The maximum atomic E-state index is 10.7. The lowest BCUT2D eigenvalue weighted by atomic mass is 9.92. The zero-order valence-electron chi connectivity index (χ0n) is 17.6. The zero-order chi connectivity index (χ0) is 21.3. The van der Waals surface area contributed by atoms with E-state index in [0.29, 0.717) is 33.9 Å². The van der Waals surface area contributed by atoms with E-state index in [9.17, 15) is 10.2 Å². The van der Waals surface area contributed by atoms with Gasteiger partial charge in [-0.1, -0.05) is 0 Å². The van der Waals surface area contributed by atoms with E-state index in [4.69, 9.17) is 14.2 Å². The fraction of sp³-hybridized carbons (Fsp3) is 0.250. The predicted octanol–water partition coefficient (Wildman–Crippen LogP) is 5.38. The van der Waals surface area contributed by atoms with Gasteiger partial charge >= 0.3 is 0 Å². The monoisotopic (exact) mass is 394 g/mol. The minimum absolute atomic E-state index is 0.0391. The molecule has 0 heterocycles. The highest BCUT2D eigenvalue weighted by Crippen LogP contribution is 2.46. The summed E-state index contributed by atoms with van der Waals surface area (Å²) in [6.45, 7) is 5.83. The Labute approximate surface area is 171 Å². The van der Waals surface area contributed by atoms with Crippen molar-refractivity contribution in [1.82, 2.24) is 0 Å². The Morgan fingerprint density at radius 2 is 0.966 bits per heavy atom. The Kier molecular flexibility index (Phi) is 5.59. The highest BCUT2D eigenvalue weighted by molar-refractivity contribution is 5.86. The van der Waals surface area contributed by atoms with Crippen molar-refractivity contribution in [3.63, 3.8) is 0 Å². The third-order valence-corrected chi connectivity index (χ3v) is 5.01. The highest BCUT2D eigenvalue weighted by atomic mass is 16.5. The Hall–Kier alpha value is -3.34. The van der Waals surface area contributed by atoms with Crippen molar-refractivity contribution in [2.45, 2.75) is 20.8 Å². The Bertz CT molecular complexity index is 1070. The second kappa shape index (κ2) is 7.95. The topological polar surface area (TPSA) is 68.2 Å². The molecule has 0 atom stereocenters. The molecule has 0 aliphatic rings. The van der Waals surface area contributed by atoms with Crippen molar-refractivity contribution in [3.8, 4) is 51.0 Å². The van der Waals surface area contributed by atoms with Crippen LogP contribution in [0.3, 0.4) is 0 Å². The van der Waals surface area contributed by atoms with E-state index in [1.165, 1.54) is 14.2 Å². The number of rotatable bonds is 5. The highest BCUT2D eigenvalue weighted by Gasteiger charge is 2.20. The van der Waals surface area contributed by atoms with Crippen LogP contribution in [0.15, 0.2) is 36.4 Å². The van der Waals surface area contributed by atoms with Gasteiger partial charge in [-0.3, -0.25) is 0 Å². The summed E-state index contributed by atoms with van der Waals surface area (Å²) in [4.78, 5) is 0. The number of ether oxygens (including phenoxy) is 3. The van der Waals surface area contributed by atoms with Gasteiger partial charge in [0.25, 0.3) is 0 Å². The van der Waals surface area contributed by atoms with Crippen LogP contribution in [0, 0.1) is 20.8 Å². The van der Waals surface area contributed by atoms with Crippen molar-refractivity contribution in [1.29, 1.82) is 0 Å². The van der Waals surface area contributed by atoms with Gasteiger partial charge < -0.3 is 24.4 Å². The molecule has 3 aromatic rings. The van der Waals surface area contributed by atoms with Crippen LogP contribution in [0.2, 0.25) is 0 Å². The second-order valence-electron chi connectivity index (χ2n) is 7.09. The summed E-state index contributed by atoms with van der Waals surface area (Å²) >= 11 is 0. The molecule has 0 amide bonds. The van der Waals surface area contributed by atoms with Crippen LogP contribution in [-0.2, 0) is 0 Å². The lowest BCUT2D eigenvalue weighted by Crippen LogP contribution is -1.96. The molecule has 0 aromatic heterocycles. The molecule has 0 fully saturated rings. The summed E-state index contributed by atoms with van der Waals surface area (Å²) in [5.74, 6) is 1.54. The van der Waals surface area contributed by atoms with E-state index in [1.807, 2.05) is 45.0 Å². The minimum Gasteiger partial charge on any atom is -0.504 e. The number of hydrogen-bond acceptors (Lipinski definition) is 5. The third kappa shape index (κ3) is 3.68. The van der Waals surface area contributed by atoms with Crippen LogP contribution in [0.5, 0.6) is 28.7 Å². The van der Waals surface area contributed by atoms with E-state index >= 15 is 0 Å². The Morgan fingerprint density at radius 1 is 0.517 bits per heavy atom. The van der Waals surface area contributed by atoms with Crippen LogP contribution in [0.4, 0.5) is 0 Å². The lowest BCUT2D eigenvalue weighted by molar-refractivity contribution is 0.373. The van der Waals surface area contributed by atoms with Gasteiger partial charge in [0.05, 0.1) is 21.3 Å². The molecular weight excluding hydrogens is 368 g/mol. The lowest BCUT2D eigenvalue weighted by Gasteiger charge is -2.18. The molecule has 0 spiro atoms. The summed E-state index contributed by atoms with van der Waals surface area (Å²) in [6.07, 6.45) is 0. The molecule has 152 valence electrons. The summed E-state index contributed by atoms with van der Waals surface area (Å²) in [5, 5.41) is 21.5. The number of hydrogen-bond donors (Lipinski definition) is 2.